The van der Waals surface area contributed by atoms with Crippen LogP contribution in [-0.2, 0) is 16.0 Å². The van der Waals surface area contributed by atoms with Crippen LogP contribution in [0.4, 0.5) is 4.39 Å². The summed E-state index contributed by atoms with van der Waals surface area (Å²) in [7, 11) is 0. The van der Waals surface area contributed by atoms with E-state index in [4.69, 9.17) is 30.9 Å². The highest BCUT2D eigenvalue weighted by Crippen LogP contribution is 2.26. The molecule has 4 rings (SSSR count). The molecular weight excluding hydrogens is 457 g/mol. The standard InChI is InChI=1S/C22H21ClFN3O6/c23-13-3-1-2-12(6-13)7-25-22(30)20-26-17-5-4-16(24)19(18(17)21(29)27-20)33-11-15-10-31-14(8-28)9-32-15/h1-6,14-15,28H,7-11H2,(H,25,30)(H,26,27,29). The van der Waals surface area contributed by atoms with Gasteiger partial charge in [0.25, 0.3) is 11.5 Å². The normalized spacial score (nSPS) is 18.3. The van der Waals surface area contributed by atoms with Gasteiger partial charge in [-0.25, -0.2) is 9.37 Å². The second-order valence-electron chi connectivity index (χ2n) is 7.40. The van der Waals surface area contributed by atoms with Gasteiger partial charge in [0.05, 0.1) is 25.3 Å². The molecule has 3 N–H and O–H groups in total. The summed E-state index contributed by atoms with van der Waals surface area (Å²) in [4.78, 5) is 31.8. The van der Waals surface area contributed by atoms with Crippen LogP contribution >= 0.6 is 11.6 Å². The van der Waals surface area contributed by atoms with Crippen molar-refractivity contribution in [3.8, 4) is 5.75 Å². The number of nitrogens with zero attached hydrogens (tertiary/aromatic N) is 1. The molecule has 9 nitrogen and oxygen atoms in total. The third-order valence-corrected chi connectivity index (χ3v) is 5.22. The number of aliphatic hydroxyl groups is 1. The van der Waals surface area contributed by atoms with Crippen LogP contribution in [0.2, 0.25) is 5.02 Å². The van der Waals surface area contributed by atoms with E-state index in [9.17, 15) is 14.0 Å². The van der Waals surface area contributed by atoms with Crippen LogP contribution in [0.5, 0.6) is 5.75 Å². The van der Waals surface area contributed by atoms with E-state index in [1.165, 1.54) is 6.07 Å². The Balaban J connectivity index is 1.50. The Bertz CT molecular complexity index is 1210. The van der Waals surface area contributed by atoms with Crippen molar-refractivity contribution < 1.29 is 28.5 Å². The van der Waals surface area contributed by atoms with E-state index in [0.717, 1.165) is 11.6 Å². The van der Waals surface area contributed by atoms with Crippen molar-refractivity contribution in [2.24, 2.45) is 0 Å². The molecule has 0 aliphatic carbocycles. The minimum atomic E-state index is -0.752. The molecule has 0 bridgehead atoms. The maximum Gasteiger partial charge on any atom is 0.287 e. The summed E-state index contributed by atoms with van der Waals surface area (Å²) >= 11 is 5.94. The molecule has 11 heteroatoms. The topological polar surface area (TPSA) is 123 Å². The number of carbonyl (C=O) groups is 1. The van der Waals surface area contributed by atoms with Gasteiger partial charge >= 0.3 is 0 Å². The van der Waals surface area contributed by atoms with Crippen LogP contribution in [0.25, 0.3) is 10.9 Å². The fourth-order valence-corrected chi connectivity index (χ4v) is 3.51. The lowest BCUT2D eigenvalue weighted by Crippen LogP contribution is -2.40. The Hall–Kier alpha value is -3.05. The second kappa shape index (κ2) is 10.3. The fourth-order valence-electron chi connectivity index (χ4n) is 3.30. The highest BCUT2D eigenvalue weighted by molar-refractivity contribution is 6.30. The van der Waals surface area contributed by atoms with Crippen LogP contribution in [0.15, 0.2) is 41.2 Å². The first-order valence-electron chi connectivity index (χ1n) is 10.2. The zero-order valence-corrected chi connectivity index (χ0v) is 18.1. The van der Waals surface area contributed by atoms with Crippen molar-refractivity contribution in [2.75, 3.05) is 26.4 Å². The van der Waals surface area contributed by atoms with Crippen LogP contribution in [0, 0.1) is 5.82 Å². The van der Waals surface area contributed by atoms with E-state index < -0.39 is 29.5 Å². The Labute approximate surface area is 192 Å². The summed E-state index contributed by atoms with van der Waals surface area (Å²) in [6, 6.07) is 9.37. The first-order valence-corrected chi connectivity index (χ1v) is 10.5. The van der Waals surface area contributed by atoms with E-state index in [2.05, 4.69) is 15.3 Å². The summed E-state index contributed by atoms with van der Waals surface area (Å²) in [5, 5.41) is 12.1. The molecule has 2 aromatic carbocycles. The number of aliphatic hydroxyl groups excluding tert-OH is 1. The third-order valence-electron chi connectivity index (χ3n) is 4.99. The van der Waals surface area contributed by atoms with Crippen LogP contribution in [0.3, 0.4) is 0 Å². The molecule has 0 radical (unpaired) electrons. The quantitative estimate of drug-likeness (QED) is 0.474. The Morgan fingerprint density at radius 2 is 2.06 bits per heavy atom. The minimum absolute atomic E-state index is 0.0739. The van der Waals surface area contributed by atoms with E-state index in [0.29, 0.717) is 5.02 Å². The molecule has 2 unspecified atom stereocenters. The number of hydrogen-bond acceptors (Lipinski definition) is 7. The molecule has 2 heterocycles. The van der Waals surface area contributed by atoms with Crippen LogP contribution in [0.1, 0.15) is 16.2 Å². The van der Waals surface area contributed by atoms with E-state index in [1.807, 2.05) is 0 Å². The Morgan fingerprint density at radius 3 is 2.79 bits per heavy atom. The molecule has 1 saturated heterocycles. The largest absolute Gasteiger partial charge is 0.487 e. The summed E-state index contributed by atoms with van der Waals surface area (Å²) in [6.45, 7) is 0.276. The van der Waals surface area contributed by atoms with Crippen molar-refractivity contribution in [2.45, 2.75) is 18.8 Å². The van der Waals surface area contributed by atoms with Gasteiger partial charge in [-0.3, -0.25) is 9.59 Å². The zero-order chi connectivity index (χ0) is 23.4. The molecule has 0 saturated carbocycles. The number of halogens is 2. The van der Waals surface area contributed by atoms with Crippen LogP contribution in [-0.4, -0.2) is 59.6 Å². The first-order chi connectivity index (χ1) is 15.9. The third kappa shape index (κ3) is 5.48. The van der Waals surface area contributed by atoms with Gasteiger partial charge in [-0.15, -0.1) is 0 Å². The number of H-pyrrole nitrogens is 1. The van der Waals surface area contributed by atoms with E-state index in [-0.39, 0.29) is 55.4 Å². The summed E-state index contributed by atoms with van der Waals surface area (Å²) in [6.07, 6.45) is -0.905. The molecule has 0 spiro atoms. The zero-order valence-electron chi connectivity index (χ0n) is 17.3. The number of aromatic nitrogens is 2. The Kier molecular flexibility index (Phi) is 7.19. The molecule has 1 aromatic heterocycles. The maximum atomic E-state index is 14.5. The lowest BCUT2D eigenvalue weighted by Gasteiger charge is -2.28. The van der Waals surface area contributed by atoms with Gasteiger partial charge in [0, 0.05) is 11.6 Å². The van der Waals surface area contributed by atoms with Gasteiger partial charge in [0.2, 0.25) is 0 Å². The molecule has 2 atom stereocenters. The number of amides is 1. The molecular formula is C22H21ClFN3O6. The molecule has 1 amide bonds. The van der Waals surface area contributed by atoms with Crippen molar-refractivity contribution >= 4 is 28.4 Å². The predicted octanol–water partition coefficient (Wildman–Crippen LogP) is 1.80. The maximum absolute atomic E-state index is 14.5. The average Bonchev–Trinajstić information content (AvgIpc) is 2.82. The lowest BCUT2D eigenvalue weighted by molar-refractivity contribution is -0.153. The minimum Gasteiger partial charge on any atom is -0.487 e. The highest BCUT2D eigenvalue weighted by atomic mass is 35.5. The molecule has 33 heavy (non-hydrogen) atoms. The molecule has 1 fully saturated rings. The van der Waals surface area contributed by atoms with Gasteiger partial charge in [-0.2, -0.15) is 0 Å². The number of aromatic amines is 1. The number of carbonyl (C=O) groups excluding carboxylic acids is 1. The summed E-state index contributed by atoms with van der Waals surface area (Å²) in [5.74, 6) is -1.86. The molecule has 3 aromatic rings. The highest BCUT2D eigenvalue weighted by Gasteiger charge is 2.24. The van der Waals surface area contributed by atoms with E-state index >= 15 is 0 Å². The lowest BCUT2D eigenvalue weighted by atomic mass is 10.2. The molecule has 174 valence electrons. The van der Waals surface area contributed by atoms with Crippen molar-refractivity contribution in [1.82, 2.24) is 15.3 Å². The van der Waals surface area contributed by atoms with Crippen LogP contribution < -0.4 is 15.6 Å². The smallest absolute Gasteiger partial charge is 0.287 e. The van der Waals surface area contributed by atoms with Crippen molar-refractivity contribution in [3.63, 3.8) is 0 Å². The summed E-state index contributed by atoms with van der Waals surface area (Å²) in [5.41, 5.74) is 0.156. The SMILES string of the molecule is O=C(NCc1cccc(Cl)c1)c1nc2ccc(F)c(OCC3COC(CO)CO3)c2c(=O)[nH]1. The first kappa shape index (κ1) is 23.1. The van der Waals surface area contributed by atoms with Crippen molar-refractivity contribution in [3.05, 3.63) is 69.0 Å². The predicted molar refractivity (Wildman–Crippen MR) is 117 cm³/mol. The second-order valence-corrected chi connectivity index (χ2v) is 7.84. The molecule has 1 aliphatic rings. The Morgan fingerprint density at radius 1 is 1.27 bits per heavy atom. The number of nitrogens with one attached hydrogen (secondary N) is 2. The summed E-state index contributed by atoms with van der Waals surface area (Å²) < 4.78 is 30.9. The van der Waals surface area contributed by atoms with Gasteiger partial charge in [0.1, 0.15) is 24.2 Å². The monoisotopic (exact) mass is 477 g/mol. The number of rotatable bonds is 7. The fraction of sp³-hybridized carbons (Fsp3) is 0.318. The molecule has 1 aliphatic heterocycles. The van der Waals surface area contributed by atoms with Gasteiger partial charge in [-0.1, -0.05) is 23.7 Å². The number of ether oxygens (including phenoxy) is 3. The number of benzene rings is 2. The van der Waals surface area contributed by atoms with Gasteiger partial charge in [-0.05, 0) is 29.8 Å². The van der Waals surface area contributed by atoms with Gasteiger partial charge in [0.15, 0.2) is 17.4 Å². The number of hydrogen-bond donors (Lipinski definition) is 3. The van der Waals surface area contributed by atoms with Crippen molar-refractivity contribution in [1.29, 1.82) is 0 Å². The van der Waals surface area contributed by atoms with Gasteiger partial charge < -0.3 is 29.6 Å². The van der Waals surface area contributed by atoms with E-state index in [1.54, 1.807) is 24.3 Å². The number of fused-ring (bicyclic) bond motifs is 1. The average molecular weight is 478 g/mol.